The number of β-amino-alcohol motifs (C(OH)–C–C–N with tert-alkyl or cyclic N) is 1. The van der Waals surface area contributed by atoms with Gasteiger partial charge in [0, 0.05) is 23.2 Å². The lowest BCUT2D eigenvalue weighted by atomic mass is 10.2. The number of carbonyl (C=O) groups is 1. The summed E-state index contributed by atoms with van der Waals surface area (Å²) in [6.07, 6.45) is 0.127. The maximum absolute atomic E-state index is 13.2. The van der Waals surface area contributed by atoms with E-state index in [1.54, 1.807) is 11.0 Å². The Morgan fingerprint density at radius 2 is 2.32 bits per heavy atom. The number of anilines is 1. The van der Waals surface area contributed by atoms with E-state index in [4.69, 9.17) is 5.73 Å². The van der Waals surface area contributed by atoms with E-state index in [1.165, 1.54) is 23.5 Å². The number of thiophene rings is 1. The van der Waals surface area contributed by atoms with E-state index in [2.05, 4.69) is 0 Å². The van der Waals surface area contributed by atoms with Crippen molar-refractivity contribution in [3.63, 3.8) is 0 Å². The number of nitrogens with two attached hydrogens (primary N) is 1. The van der Waals surface area contributed by atoms with Crippen LogP contribution in [0.15, 0.2) is 18.2 Å². The summed E-state index contributed by atoms with van der Waals surface area (Å²) >= 11 is 1.26. The van der Waals surface area contributed by atoms with Gasteiger partial charge in [0.2, 0.25) is 0 Å². The van der Waals surface area contributed by atoms with Gasteiger partial charge in [0.15, 0.2) is 0 Å². The van der Waals surface area contributed by atoms with Gasteiger partial charge in [-0.05, 0) is 24.6 Å². The molecule has 1 aliphatic heterocycles. The first kappa shape index (κ1) is 12.4. The third-order valence-corrected chi connectivity index (χ3v) is 4.51. The highest BCUT2D eigenvalue weighted by Crippen LogP contribution is 2.35. The summed E-state index contributed by atoms with van der Waals surface area (Å²) in [4.78, 5) is 14.3. The van der Waals surface area contributed by atoms with Crippen molar-refractivity contribution < 1.29 is 14.3 Å². The van der Waals surface area contributed by atoms with Crippen molar-refractivity contribution >= 4 is 33.0 Å². The average Bonchev–Trinajstić information content (AvgIpc) is 2.94. The molecule has 1 saturated heterocycles. The number of benzene rings is 1. The van der Waals surface area contributed by atoms with Crippen molar-refractivity contribution in [1.29, 1.82) is 0 Å². The van der Waals surface area contributed by atoms with E-state index < -0.39 is 6.10 Å². The summed E-state index contributed by atoms with van der Waals surface area (Å²) in [7, 11) is 0. The monoisotopic (exact) mass is 280 g/mol. The molecule has 2 aromatic rings. The topological polar surface area (TPSA) is 66.6 Å². The number of aliphatic hydroxyl groups is 1. The smallest absolute Gasteiger partial charge is 0.266 e. The lowest BCUT2D eigenvalue weighted by Gasteiger charge is -2.14. The minimum absolute atomic E-state index is 0.185. The number of nitrogen functional groups attached to an aromatic ring is 1. The van der Waals surface area contributed by atoms with Gasteiger partial charge in [-0.1, -0.05) is 0 Å². The molecule has 100 valence electrons. The van der Waals surface area contributed by atoms with Crippen LogP contribution in [0.1, 0.15) is 16.1 Å². The Bertz CT molecular complexity index is 655. The van der Waals surface area contributed by atoms with E-state index in [0.717, 1.165) is 4.70 Å². The zero-order valence-corrected chi connectivity index (χ0v) is 10.9. The van der Waals surface area contributed by atoms with Crippen LogP contribution in [0.4, 0.5) is 10.1 Å². The predicted molar refractivity (Wildman–Crippen MR) is 72.7 cm³/mol. The zero-order chi connectivity index (χ0) is 13.6. The summed E-state index contributed by atoms with van der Waals surface area (Å²) in [6, 6.07) is 4.32. The third kappa shape index (κ3) is 2.06. The Hall–Kier alpha value is -1.66. The Balaban J connectivity index is 2.01. The first-order valence-corrected chi connectivity index (χ1v) is 6.83. The van der Waals surface area contributed by atoms with E-state index >= 15 is 0 Å². The molecule has 2 heterocycles. The van der Waals surface area contributed by atoms with E-state index in [9.17, 15) is 14.3 Å². The second-order valence-electron chi connectivity index (χ2n) is 4.68. The van der Waals surface area contributed by atoms with Crippen LogP contribution in [0.25, 0.3) is 10.1 Å². The maximum Gasteiger partial charge on any atom is 0.266 e. The van der Waals surface area contributed by atoms with E-state index in [0.29, 0.717) is 35.5 Å². The van der Waals surface area contributed by atoms with Gasteiger partial charge in [-0.2, -0.15) is 0 Å². The predicted octanol–water partition coefficient (Wildman–Crippen LogP) is 1.83. The molecule has 1 atom stereocenters. The van der Waals surface area contributed by atoms with Crippen LogP contribution in [0.5, 0.6) is 0 Å². The van der Waals surface area contributed by atoms with Crippen molar-refractivity contribution in [2.24, 2.45) is 0 Å². The molecule has 19 heavy (non-hydrogen) atoms. The summed E-state index contributed by atoms with van der Waals surface area (Å²) in [6.45, 7) is 0.864. The number of hydrogen-bond acceptors (Lipinski definition) is 4. The minimum atomic E-state index is -0.461. The Morgan fingerprint density at radius 1 is 1.53 bits per heavy atom. The van der Waals surface area contributed by atoms with Gasteiger partial charge in [0.25, 0.3) is 5.91 Å². The molecule has 0 bridgehead atoms. The largest absolute Gasteiger partial charge is 0.397 e. The standard InChI is InChI=1S/C13H13FN2O2S/c14-7-1-2-10-9(5-7)11(15)12(19-10)13(18)16-4-3-8(17)6-16/h1-2,5,8,17H,3-4,6,15H2. The summed E-state index contributed by atoms with van der Waals surface area (Å²) < 4.78 is 14.0. The molecular formula is C13H13FN2O2S. The highest BCUT2D eigenvalue weighted by molar-refractivity contribution is 7.21. The fourth-order valence-corrected chi connectivity index (χ4v) is 3.39. The van der Waals surface area contributed by atoms with Crippen molar-refractivity contribution in [3.8, 4) is 0 Å². The van der Waals surface area contributed by atoms with Crippen LogP contribution >= 0.6 is 11.3 Å². The zero-order valence-electron chi connectivity index (χ0n) is 10.1. The number of amides is 1. The molecule has 0 aliphatic carbocycles. The molecule has 1 amide bonds. The van der Waals surface area contributed by atoms with Crippen LogP contribution < -0.4 is 5.73 Å². The highest BCUT2D eigenvalue weighted by atomic mass is 32.1. The van der Waals surface area contributed by atoms with Crippen molar-refractivity contribution in [3.05, 3.63) is 28.9 Å². The number of halogens is 1. The molecule has 0 radical (unpaired) electrons. The first-order valence-electron chi connectivity index (χ1n) is 6.01. The van der Waals surface area contributed by atoms with Gasteiger partial charge in [-0.25, -0.2) is 4.39 Å². The lowest BCUT2D eigenvalue weighted by molar-refractivity contribution is 0.0770. The average molecular weight is 280 g/mol. The summed E-state index contributed by atoms with van der Waals surface area (Å²) in [5, 5.41) is 10.0. The number of nitrogens with zero attached hydrogens (tertiary/aromatic N) is 1. The van der Waals surface area contributed by atoms with Gasteiger partial charge >= 0.3 is 0 Å². The number of fused-ring (bicyclic) bond motifs is 1. The molecule has 3 N–H and O–H groups in total. The lowest BCUT2D eigenvalue weighted by Crippen LogP contribution is -2.29. The molecule has 1 aliphatic rings. The minimum Gasteiger partial charge on any atom is -0.397 e. The van der Waals surface area contributed by atoms with Crippen molar-refractivity contribution in [2.75, 3.05) is 18.8 Å². The van der Waals surface area contributed by atoms with Gasteiger partial charge in [-0.15, -0.1) is 11.3 Å². The molecule has 1 aromatic carbocycles. The van der Waals surface area contributed by atoms with E-state index in [-0.39, 0.29) is 11.7 Å². The fourth-order valence-electron chi connectivity index (χ4n) is 2.32. The third-order valence-electron chi connectivity index (χ3n) is 3.33. The molecule has 4 nitrogen and oxygen atoms in total. The SMILES string of the molecule is Nc1c(C(=O)N2CCC(O)C2)sc2ccc(F)cc12. The molecule has 0 spiro atoms. The molecule has 6 heteroatoms. The second-order valence-corrected chi connectivity index (χ2v) is 5.73. The van der Waals surface area contributed by atoms with Crippen LogP contribution in [0, 0.1) is 5.82 Å². The molecule has 1 unspecified atom stereocenters. The highest BCUT2D eigenvalue weighted by Gasteiger charge is 2.28. The van der Waals surface area contributed by atoms with Crippen LogP contribution in [-0.4, -0.2) is 35.1 Å². The number of aliphatic hydroxyl groups excluding tert-OH is 1. The van der Waals surface area contributed by atoms with Crippen molar-refractivity contribution in [1.82, 2.24) is 4.90 Å². The molecule has 0 saturated carbocycles. The first-order chi connectivity index (χ1) is 9.06. The number of hydrogen-bond donors (Lipinski definition) is 2. The van der Waals surface area contributed by atoms with Crippen LogP contribution in [0.2, 0.25) is 0 Å². The Labute approximate surface area is 113 Å². The van der Waals surface area contributed by atoms with Gasteiger partial charge in [0.05, 0.1) is 11.8 Å². The Kier molecular flexibility index (Phi) is 2.91. The molecule has 1 aromatic heterocycles. The van der Waals surface area contributed by atoms with Crippen LogP contribution in [0.3, 0.4) is 0 Å². The Morgan fingerprint density at radius 3 is 3.00 bits per heavy atom. The molecule has 3 rings (SSSR count). The van der Waals surface area contributed by atoms with Gasteiger partial charge in [-0.3, -0.25) is 4.79 Å². The fraction of sp³-hybridized carbons (Fsp3) is 0.308. The normalized spacial score (nSPS) is 19.3. The van der Waals surface area contributed by atoms with Gasteiger partial charge < -0.3 is 15.7 Å². The van der Waals surface area contributed by atoms with Gasteiger partial charge in [0.1, 0.15) is 10.7 Å². The summed E-state index contributed by atoms with van der Waals surface area (Å²) in [5.74, 6) is -0.553. The van der Waals surface area contributed by atoms with Crippen LogP contribution in [-0.2, 0) is 0 Å². The molecule has 1 fully saturated rings. The van der Waals surface area contributed by atoms with Crippen molar-refractivity contribution in [2.45, 2.75) is 12.5 Å². The van der Waals surface area contributed by atoms with E-state index in [1.807, 2.05) is 0 Å². The quantitative estimate of drug-likeness (QED) is 0.837. The summed E-state index contributed by atoms with van der Waals surface area (Å²) in [5.41, 5.74) is 6.27. The maximum atomic E-state index is 13.2. The number of rotatable bonds is 1. The number of carbonyl (C=O) groups excluding carboxylic acids is 1. The molecular weight excluding hydrogens is 267 g/mol. The second kappa shape index (κ2) is 4.47. The number of likely N-dealkylation sites (tertiary alicyclic amines) is 1.